The van der Waals surface area contributed by atoms with E-state index >= 15 is 0 Å². The molecule has 2 aliphatic heterocycles. The predicted octanol–water partition coefficient (Wildman–Crippen LogP) is 2.37. The predicted molar refractivity (Wildman–Crippen MR) is 80.3 cm³/mol. The molecule has 96 valence electrons. The van der Waals surface area contributed by atoms with Crippen LogP contribution < -0.4 is 4.90 Å². The molecule has 0 unspecified atom stereocenters. The number of hydrogen-bond acceptors (Lipinski definition) is 4. The van der Waals surface area contributed by atoms with E-state index in [1.54, 1.807) is 11.9 Å². The zero-order valence-corrected chi connectivity index (χ0v) is 12.0. The van der Waals surface area contributed by atoms with Gasteiger partial charge in [0.25, 0.3) is 11.8 Å². The first kappa shape index (κ1) is 12.5. The van der Waals surface area contributed by atoms with E-state index in [2.05, 4.69) is 4.99 Å². The molecule has 4 nitrogen and oxygen atoms in total. The van der Waals surface area contributed by atoms with Gasteiger partial charge in [0.2, 0.25) is 0 Å². The molecule has 0 atom stereocenters. The first-order chi connectivity index (χ1) is 9.13. The summed E-state index contributed by atoms with van der Waals surface area (Å²) in [5.74, 6) is -0.461. The topological polar surface area (TPSA) is 49.7 Å². The lowest BCUT2D eigenvalue weighted by Crippen LogP contribution is -2.21. The van der Waals surface area contributed by atoms with Crippen molar-refractivity contribution in [2.45, 2.75) is 0 Å². The SMILES string of the molecule is CSC1=NC(=O)C(=C2C(=O)N(C)c3ccccc32)S1. The third-order valence-corrected chi connectivity index (χ3v) is 5.07. The number of aliphatic imine (C=N–C) groups is 1. The Balaban J connectivity index is 2.17. The Morgan fingerprint density at radius 2 is 2.00 bits per heavy atom. The first-order valence-electron chi connectivity index (χ1n) is 5.60. The highest BCUT2D eigenvalue weighted by atomic mass is 32.2. The van der Waals surface area contributed by atoms with Gasteiger partial charge in [0.05, 0.1) is 16.2 Å². The molecule has 0 saturated carbocycles. The Morgan fingerprint density at radius 1 is 1.26 bits per heavy atom. The van der Waals surface area contributed by atoms with E-state index < -0.39 is 0 Å². The summed E-state index contributed by atoms with van der Waals surface area (Å²) in [5.41, 5.74) is 2.12. The summed E-state index contributed by atoms with van der Waals surface area (Å²) in [7, 11) is 1.72. The molecule has 0 radical (unpaired) electrons. The van der Waals surface area contributed by atoms with Crippen molar-refractivity contribution in [1.29, 1.82) is 0 Å². The van der Waals surface area contributed by atoms with Crippen molar-refractivity contribution in [3.63, 3.8) is 0 Å². The number of rotatable bonds is 0. The maximum atomic E-state index is 12.3. The summed E-state index contributed by atoms with van der Waals surface area (Å²) in [6.07, 6.45) is 1.86. The van der Waals surface area contributed by atoms with Crippen molar-refractivity contribution < 1.29 is 9.59 Å². The van der Waals surface area contributed by atoms with Crippen LogP contribution in [0.5, 0.6) is 0 Å². The van der Waals surface area contributed by atoms with Gasteiger partial charge < -0.3 is 4.90 Å². The smallest absolute Gasteiger partial charge is 0.286 e. The van der Waals surface area contributed by atoms with Crippen LogP contribution in [-0.2, 0) is 9.59 Å². The second-order valence-electron chi connectivity index (χ2n) is 4.07. The van der Waals surface area contributed by atoms with Crippen LogP contribution in [0.15, 0.2) is 34.2 Å². The molecule has 0 bridgehead atoms. The van der Waals surface area contributed by atoms with Gasteiger partial charge in [-0.3, -0.25) is 9.59 Å². The fraction of sp³-hybridized carbons (Fsp3) is 0.154. The molecule has 3 rings (SSSR count). The summed E-state index contributed by atoms with van der Waals surface area (Å²) < 4.78 is 0.687. The third-order valence-electron chi connectivity index (χ3n) is 3.03. The quantitative estimate of drug-likeness (QED) is 0.688. The molecular weight excluding hydrogens is 280 g/mol. The molecule has 2 aliphatic rings. The molecular formula is C13H10N2O2S2. The van der Waals surface area contributed by atoms with Gasteiger partial charge in [-0.1, -0.05) is 30.0 Å². The van der Waals surface area contributed by atoms with Crippen LogP contribution in [0.2, 0.25) is 0 Å². The molecule has 0 saturated heterocycles. The second-order valence-corrected chi connectivity index (χ2v) is 6.13. The van der Waals surface area contributed by atoms with Gasteiger partial charge in [0.1, 0.15) is 4.38 Å². The van der Waals surface area contributed by atoms with E-state index in [4.69, 9.17) is 0 Å². The third kappa shape index (κ3) is 1.82. The van der Waals surface area contributed by atoms with Crippen LogP contribution in [0.3, 0.4) is 0 Å². The molecule has 0 fully saturated rings. The summed E-state index contributed by atoms with van der Waals surface area (Å²) in [5, 5.41) is 0. The van der Waals surface area contributed by atoms with Crippen molar-refractivity contribution in [2.24, 2.45) is 4.99 Å². The number of carbonyl (C=O) groups excluding carboxylic acids is 2. The summed E-state index contributed by atoms with van der Waals surface area (Å²) in [4.78, 5) is 30.2. The van der Waals surface area contributed by atoms with Gasteiger partial charge in [-0.05, 0) is 12.3 Å². The van der Waals surface area contributed by atoms with Gasteiger partial charge in [-0.2, -0.15) is 4.99 Å². The number of amides is 2. The molecule has 1 aromatic carbocycles. The highest BCUT2D eigenvalue weighted by molar-refractivity contribution is 8.41. The zero-order chi connectivity index (χ0) is 13.6. The molecule has 0 N–H and O–H groups in total. The number of benzene rings is 1. The van der Waals surface area contributed by atoms with Crippen molar-refractivity contribution in [3.05, 3.63) is 34.7 Å². The lowest BCUT2D eigenvalue weighted by atomic mass is 10.1. The van der Waals surface area contributed by atoms with Crippen LogP contribution in [0.4, 0.5) is 5.69 Å². The maximum Gasteiger partial charge on any atom is 0.286 e. The number of fused-ring (bicyclic) bond motifs is 1. The summed E-state index contributed by atoms with van der Waals surface area (Å²) >= 11 is 2.70. The molecule has 0 aliphatic carbocycles. The molecule has 19 heavy (non-hydrogen) atoms. The van der Waals surface area contributed by atoms with E-state index in [-0.39, 0.29) is 11.8 Å². The minimum absolute atomic E-state index is 0.144. The Bertz CT molecular complexity index is 664. The minimum atomic E-state index is -0.317. The van der Waals surface area contributed by atoms with Crippen molar-refractivity contribution in [3.8, 4) is 0 Å². The minimum Gasteiger partial charge on any atom is -0.311 e. The van der Waals surface area contributed by atoms with E-state index in [0.717, 1.165) is 11.3 Å². The van der Waals surface area contributed by atoms with Crippen LogP contribution in [0.1, 0.15) is 5.56 Å². The number of para-hydroxylation sites is 1. The Hall–Kier alpha value is -1.53. The Labute approximate surface area is 119 Å². The molecule has 6 heteroatoms. The molecule has 0 spiro atoms. The monoisotopic (exact) mass is 290 g/mol. The van der Waals surface area contributed by atoms with Crippen molar-refractivity contribution in [2.75, 3.05) is 18.2 Å². The largest absolute Gasteiger partial charge is 0.311 e. The van der Waals surface area contributed by atoms with Gasteiger partial charge in [0.15, 0.2) is 0 Å². The van der Waals surface area contributed by atoms with Crippen molar-refractivity contribution >= 4 is 51.0 Å². The molecule has 0 aromatic heterocycles. The van der Waals surface area contributed by atoms with E-state index in [9.17, 15) is 9.59 Å². The van der Waals surface area contributed by atoms with Crippen molar-refractivity contribution in [1.82, 2.24) is 0 Å². The van der Waals surface area contributed by atoms with E-state index in [1.165, 1.54) is 23.5 Å². The highest BCUT2D eigenvalue weighted by Crippen LogP contribution is 2.43. The number of anilines is 1. The summed E-state index contributed by atoms with van der Waals surface area (Å²) in [6.45, 7) is 0. The number of thioether (sulfide) groups is 2. The number of hydrogen-bond donors (Lipinski definition) is 0. The number of nitrogens with zero attached hydrogens (tertiary/aromatic N) is 2. The summed E-state index contributed by atoms with van der Waals surface area (Å²) in [6, 6.07) is 7.49. The molecule has 1 aromatic rings. The lowest BCUT2D eigenvalue weighted by molar-refractivity contribution is -0.115. The second kappa shape index (κ2) is 4.54. The van der Waals surface area contributed by atoms with E-state index in [1.807, 2.05) is 30.5 Å². The highest BCUT2D eigenvalue weighted by Gasteiger charge is 2.36. The van der Waals surface area contributed by atoms with Gasteiger partial charge >= 0.3 is 0 Å². The average Bonchev–Trinajstić information content (AvgIpc) is 2.90. The van der Waals surface area contributed by atoms with Crippen LogP contribution in [0.25, 0.3) is 5.57 Å². The van der Waals surface area contributed by atoms with Crippen LogP contribution >= 0.6 is 23.5 Å². The normalized spacial score (nSPS) is 22.0. The number of likely N-dealkylation sites (N-methyl/N-ethyl adjacent to an activating group) is 1. The number of carbonyl (C=O) groups is 2. The van der Waals surface area contributed by atoms with Crippen LogP contribution in [-0.4, -0.2) is 29.5 Å². The molecule has 2 amide bonds. The van der Waals surface area contributed by atoms with Crippen LogP contribution in [0, 0.1) is 0 Å². The average molecular weight is 290 g/mol. The molecule has 2 heterocycles. The standard InChI is InChI=1S/C13H10N2O2S2/c1-15-8-6-4-3-5-7(8)9(12(15)17)10-11(16)14-13(18-2)19-10/h3-6H,1-2H3. The van der Waals surface area contributed by atoms with Gasteiger partial charge in [-0.15, -0.1) is 11.8 Å². The fourth-order valence-electron chi connectivity index (χ4n) is 2.12. The Morgan fingerprint density at radius 3 is 2.68 bits per heavy atom. The van der Waals surface area contributed by atoms with E-state index in [0.29, 0.717) is 14.9 Å². The maximum absolute atomic E-state index is 12.3. The van der Waals surface area contributed by atoms with Gasteiger partial charge in [0, 0.05) is 12.6 Å². The van der Waals surface area contributed by atoms with Gasteiger partial charge in [-0.25, -0.2) is 0 Å². The lowest BCUT2D eigenvalue weighted by Gasteiger charge is -2.08. The first-order valence-corrected chi connectivity index (χ1v) is 7.64. The Kier molecular flexibility index (Phi) is 2.99. The fourth-order valence-corrected chi connectivity index (χ4v) is 3.62. The zero-order valence-electron chi connectivity index (χ0n) is 10.3.